The Hall–Kier alpha value is -0.390. The average Bonchev–Trinajstić information content (AvgIpc) is 2.73. The van der Waals surface area contributed by atoms with E-state index >= 15 is 0 Å². The number of hydrogen-bond donors (Lipinski definition) is 1. The molecule has 84 valence electrons. The topological polar surface area (TPSA) is 47.3 Å². The molecule has 0 radical (unpaired) electrons. The zero-order chi connectivity index (χ0) is 11.0. The van der Waals surface area contributed by atoms with Crippen LogP contribution in [0.25, 0.3) is 0 Å². The molecule has 1 fully saturated rings. The van der Waals surface area contributed by atoms with E-state index in [4.69, 9.17) is 4.74 Å². The highest BCUT2D eigenvalue weighted by atomic mass is 79.9. The quantitative estimate of drug-likeness (QED) is 0.895. The number of nitrogens with zero attached hydrogens (tertiary/aromatic N) is 2. The molecule has 1 aliphatic heterocycles. The molecule has 2 rings (SSSR count). The van der Waals surface area contributed by atoms with E-state index < -0.39 is 6.10 Å². The largest absolute Gasteiger partial charge is 0.384 e. The SMILES string of the molecule is CC1CCC(C(O)c2c(Br)cnn2C)O1. The minimum atomic E-state index is -0.600. The Kier molecular flexibility index (Phi) is 3.13. The van der Waals surface area contributed by atoms with E-state index in [0.29, 0.717) is 0 Å². The average molecular weight is 275 g/mol. The van der Waals surface area contributed by atoms with Gasteiger partial charge in [-0.3, -0.25) is 4.68 Å². The van der Waals surface area contributed by atoms with E-state index in [1.807, 2.05) is 14.0 Å². The summed E-state index contributed by atoms with van der Waals surface area (Å²) in [5.74, 6) is 0. The van der Waals surface area contributed by atoms with E-state index in [0.717, 1.165) is 23.0 Å². The molecule has 1 aromatic heterocycles. The van der Waals surface area contributed by atoms with Gasteiger partial charge in [0.05, 0.1) is 28.6 Å². The second-order valence-electron chi connectivity index (χ2n) is 4.01. The summed E-state index contributed by atoms with van der Waals surface area (Å²) < 4.78 is 8.16. The molecule has 3 atom stereocenters. The van der Waals surface area contributed by atoms with E-state index in [-0.39, 0.29) is 12.2 Å². The molecule has 3 unspecified atom stereocenters. The Morgan fingerprint density at radius 2 is 2.40 bits per heavy atom. The lowest BCUT2D eigenvalue weighted by Crippen LogP contribution is -2.21. The number of aliphatic hydroxyl groups is 1. The van der Waals surface area contributed by atoms with Gasteiger partial charge >= 0.3 is 0 Å². The summed E-state index contributed by atoms with van der Waals surface area (Å²) >= 11 is 3.38. The molecule has 0 spiro atoms. The minimum Gasteiger partial charge on any atom is -0.384 e. The number of halogens is 1. The van der Waals surface area contributed by atoms with Gasteiger partial charge in [-0.25, -0.2) is 0 Å². The minimum absolute atomic E-state index is 0.105. The first-order valence-electron chi connectivity index (χ1n) is 5.10. The van der Waals surface area contributed by atoms with Crippen LogP contribution in [0.2, 0.25) is 0 Å². The molecule has 1 saturated heterocycles. The van der Waals surface area contributed by atoms with Crippen LogP contribution < -0.4 is 0 Å². The third kappa shape index (κ3) is 2.09. The van der Waals surface area contributed by atoms with E-state index in [9.17, 15) is 5.11 Å². The van der Waals surface area contributed by atoms with Crippen molar-refractivity contribution in [1.29, 1.82) is 0 Å². The fourth-order valence-electron chi connectivity index (χ4n) is 1.99. The predicted octanol–water partition coefficient (Wildman–Crippen LogP) is 1.78. The fourth-order valence-corrected chi connectivity index (χ4v) is 2.58. The third-order valence-electron chi connectivity index (χ3n) is 2.83. The summed E-state index contributed by atoms with van der Waals surface area (Å²) in [7, 11) is 1.82. The Bertz CT molecular complexity index is 334. The normalized spacial score (nSPS) is 28.3. The molecule has 0 saturated carbocycles. The number of rotatable bonds is 2. The second kappa shape index (κ2) is 4.23. The molecular weight excluding hydrogens is 260 g/mol. The number of aliphatic hydroxyl groups excluding tert-OH is 1. The molecule has 0 bridgehead atoms. The van der Waals surface area contributed by atoms with Gasteiger partial charge in [0.25, 0.3) is 0 Å². The van der Waals surface area contributed by atoms with Crippen molar-refractivity contribution in [2.24, 2.45) is 7.05 Å². The maximum absolute atomic E-state index is 10.2. The number of aryl methyl sites for hydroxylation is 1. The van der Waals surface area contributed by atoms with Gasteiger partial charge in [0.1, 0.15) is 6.10 Å². The van der Waals surface area contributed by atoms with Gasteiger partial charge in [0.15, 0.2) is 0 Å². The van der Waals surface area contributed by atoms with Crippen LogP contribution >= 0.6 is 15.9 Å². The molecule has 1 aliphatic rings. The first kappa shape index (κ1) is 11.1. The van der Waals surface area contributed by atoms with Gasteiger partial charge in [-0.2, -0.15) is 5.10 Å². The van der Waals surface area contributed by atoms with Crippen molar-refractivity contribution in [3.63, 3.8) is 0 Å². The van der Waals surface area contributed by atoms with Crippen LogP contribution in [0.5, 0.6) is 0 Å². The lowest BCUT2D eigenvalue weighted by atomic mass is 10.1. The molecule has 4 nitrogen and oxygen atoms in total. The first-order valence-corrected chi connectivity index (χ1v) is 5.90. The number of hydrogen-bond acceptors (Lipinski definition) is 3. The van der Waals surface area contributed by atoms with Crippen LogP contribution in [0.4, 0.5) is 0 Å². The first-order chi connectivity index (χ1) is 7.09. The summed E-state index contributed by atoms with van der Waals surface area (Å²) in [5, 5.41) is 14.3. The molecule has 0 amide bonds. The van der Waals surface area contributed by atoms with Crippen LogP contribution in [0.15, 0.2) is 10.7 Å². The molecule has 5 heteroatoms. The van der Waals surface area contributed by atoms with Crippen LogP contribution in [-0.4, -0.2) is 27.1 Å². The number of ether oxygens (including phenoxy) is 1. The van der Waals surface area contributed by atoms with Crippen molar-refractivity contribution in [3.05, 3.63) is 16.4 Å². The van der Waals surface area contributed by atoms with Crippen LogP contribution in [0.1, 0.15) is 31.6 Å². The van der Waals surface area contributed by atoms with Gasteiger partial charge in [-0.05, 0) is 35.7 Å². The van der Waals surface area contributed by atoms with Crippen molar-refractivity contribution in [3.8, 4) is 0 Å². The third-order valence-corrected chi connectivity index (χ3v) is 3.45. The smallest absolute Gasteiger partial charge is 0.123 e. The summed E-state index contributed by atoms with van der Waals surface area (Å²) in [5.41, 5.74) is 0.786. The summed E-state index contributed by atoms with van der Waals surface area (Å²) in [4.78, 5) is 0. The highest BCUT2D eigenvalue weighted by Gasteiger charge is 2.32. The Morgan fingerprint density at radius 3 is 2.87 bits per heavy atom. The van der Waals surface area contributed by atoms with Gasteiger partial charge in [0.2, 0.25) is 0 Å². The van der Waals surface area contributed by atoms with Gasteiger partial charge < -0.3 is 9.84 Å². The standard InChI is InChI=1S/C10H15BrN2O2/c1-6-3-4-8(15-6)10(14)9-7(11)5-12-13(9)2/h5-6,8,10,14H,3-4H2,1-2H3. The zero-order valence-electron chi connectivity index (χ0n) is 8.85. The maximum atomic E-state index is 10.2. The van der Waals surface area contributed by atoms with Crippen LogP contribution in [0.3, 0.4) is 0 Å². The van der Waals surface area contributed by atoms with Crippen LogP contribution in [-0.2, 0) is 11.8 Å². The zero-order valence-corrected chi connectivity index (χ0v) is 10.4. The van der Waals surface area contributed by atoms with Gasteiger partial charge in [0, 0.05) is 7.05 Å². The Labute approximate surface area is 97.4 Å². The van der Waals surface area contributed by atoms with Crippen molar-refractivity contribution >= 4 is 15.9 Å². The molecule has 15 heavy (non-hydrogen) atoms. The lowest BCUT2D eigenvalue weighted by molar-refractivity contribution is -0.0331. The monoisotopic (exact) mass is 274 g/mol. The summed E-state index contributed by atoms with van der Waals surface area (Å²) in [6.07, 6.45) is 3.15. The van der Waals surface area contributed by atoms with Crippen LogP contribution in [0, 0.1) is 0 Å². The van der Waals surface area contributed by atoms with Crippen molar-refractivity contribution < 1.29 is 9.84 Å². The lowest BCUT2D eigenvalue weighted by Gasteiger charge is -2.19. The van der Waals surface area contributed by atoms with Crippen molar-refractivity contribution in [1.82, 2.24) is 9.78 Å². The molecule has 1 N–H and O–H groups in total. The molecule has 2 heterocycles. The van der Waals surface area contributed by atoms with E-state index in [1.165, 1.54) is 0 Å². The highest BCUT2D eigenvalue weighted by molar-refractivity contribution is 9.10. The predicted molar refractivity (Wildman–Crippen MR) is 59.4 cm³/mol. The summed E-state index contributed by atoms with van der Waals surface area (Å²) in [6, 6.07) is 0. The van der Waals surface area contributed by atoms with Crippen molar-refractivity contribution in [2.75, 3.05) is 0 Å². The fraction of sp³-hybridized carbons (Fsp3) is 0.700. The van der Waals surface area contributed by atoms with Gasteiger partial charge in [-0.1, -0.05) is 0 Å². The molecule has 0 aliphatic carbocycles. The molecule has 1 aromatic rings. The molecular formula is C10H15BrN2O2. The van der Waals surface area contributed by atoms with E-state index in [1.54, 1.807) is 10.9 Å². The maximum Gasteiger partial charge on any atom is 0.123 e. The number of aromatic nitrogens is 2. The van der Waals surface area contributed by atoms with Crippen molar-refractivity contribution in [2.45, 2.75) is 38.1 Å². The Balaban J connectivity index is 2.17. The van der Waals surface area contributed by atoms with Gasteiger partial charge in [-0.15, -0.1) is 0 Å². The van der Waals surface area contributed by atoms with E-state index in [2.05, 4.69) is 21.0 Å². The highest BCUT2D eigenvalue weighted by Crippen LogP contribution is 2.32. The second-order valence-corrected chi connectivity index (χ2v) is 4.86. The summed E-state index contributed by atoms with van der Waals surface area (Å²) in [6.45, 7) is 2.03. The molecule has 0 aromatic carbocycles. The Morgan fingerprint density at radius 1 is 1.67 bits per heavy atom.